The zero-order chi connectivity index (χ0) is 26.9. The smallest absolute Gasteiger partial charge is 0.229 e. The maximum atomic E-state index is 10.3. The Hall–Kier alpha value is -4.01. The van der Waals surface area contributed by atoms with E-state index in [0.717, 1.165) is 37.4 Å². The average molecular weight is 533 g/mol. The van der Waals surface area contributed by atoms with Crippen LogP contribution in [0.15, 0.2) is 42.9 Å². The quantitative estimate of drug-likeness (QED) is 0.318. The maximum absolute atomic E-state index is 10.3. The van der Waals surface area contributed by atoms with Crippen molar-refractivity contribution in [2.75, 3.05) is 28.6 Å². The minimum absolute atomic E-state index is 0.183. The highest BCUT2D eigenvalue weighted by molar-refractivity contribution is 6.32. The van der Waals surface area contributed by atoms with Crippen molar-refractivity contribution in [1.29, 1.82) is 5.26 Å². The van der Waals surface area contributed by atoms with Crippen molar-refractivity contribution in [3.63, 3.8) is 0 Å². The Bertz CT molecular complexity index is 1470. The van der Waals surface area contributed by atoms with Gasteiger partial charge in [-0.3, -0.25) is 4.40 Å². The lowest BCUT2D eigenvalue weighted by molar-refractivity contribution is 0.0676. The molecule has 0 radical (unpaired) electrons. The molecular formula is C26H29ClN10O. The number of fused-ring (bicyclic) bond motifs is 1. The topological polar surface area (TPSA) is 140 Å². The number of aliphatic hydroxyl groups is 1. The highest BCUT2D eigenvalue weighted by atomic mass is 35.5. The fourth-order valence-corrected chi connectivity index (χ4v) is 4.85. The van der Waals surface area contributed by atoms with Gasteiger partial charge in [0.1, 0.15) is 22.5 Å². The van der Waals surface area contributed by atoms with Gasteiger partial charge in [0.25, 0.3) is 0 Å². The van der Waals surface area contributed by atoms with E-state index in [1.165, 1.54) is 0 Å². The van der Waals surface area contributed by atoms with Crippen molar-refractivity contribution in [3.05, 3.63) is 59.3 Å². The number of aromatic nitrogens is 6. The number of hydrogen-bond donors (Lipinski definition) is 3. The van der Waals surface area contributed by atoms with Crippen LogP contribution in [0.3, 0.4) is 0 Å². The van der Waals surface area contributed by atoms with Gasteiger partial charge >= 0.3 is 0 Å². The molecule has 4 aromatic rings. The molecule has 4 aromatic heterocycles. The van der Waals surface area contributed by atoms with Crippen LogP contribution >= 0.6 is 11.6 Å². The third-order valence-corrected chi connectivity index (χ3v) is 7.02. The number of rotatable bonds is 7. The monoisotopic (exact) mass is 532 g/mol. The van der Waals surface area contributed by atoms with Gasteiger partial charge in [-0.05, 0) is 50.8 Å². The second-order valence-electron chi connectivity index (χ2n) is 9.91. The summed E-state index contributed by atoms with van der Waals surface area (Å²) in [4.78, 5) is 15.7. The van der Waals surface area contributed by atoms with Gasteiger partial charge in [0.15, 0.2) is 17.3 Å². The molecule has 38 heavy (non-hydrogen) atoms. The number of halogens is 1. The summed E-state index contributed by atoms with van der Waals surface area (Å²) in [7, 11) is 0. The molecule has 12 heteroatoms. The molecule has 3 N–H and O–H groups in total. The summed E-state index contributed by atoms with van der Waals surface area (Å²) < 4.78 is 1.74. The maximum Gasteiger partial charge on any atom is 0.229 e. The molecule has 5 rings (SSSR count). The van der Waals surface area contributed by atoms with Gasteiger partial charge in [-0.1, -0.05) is 18.5 Å². The summed E-state index contributed by atoms with van der Waals surface area (Å²) in [6, 6.07) is 9.66. The minimum Gasteiger partial charge on any atom is -0.382 e. The lowest BCUT2D eigenvalue weighted by Crippen LogP contribution is -2.46. The first kappa shape index (κ1) is 25.6. The van der Waals surface area contributed by atoms with Crippen LogP contribution in [0, 0.1) is 17.2 Å². The Labute approximate surface area is 225 Å². The van der Waals surface area contributed by atoms with Gasteiger partial charge in [-0.2, -0.15) is 10.2 Å². The molecule has 0 aliphatic carbocycles. The molecule has 0 aromatic carbocycles. The largest absolute Gasteiger partial charge is 0.382 e. The van der Waals surface area contributed by atoms with Gasteiger partial charge in [-0.15, -0.1) is 10.2 Å². The first-order valence-electron chi connectivity index (χ1n) is 12.5. The lowest BCUT2D eigenvalue weighted by Gasteiger charge is -2.39. The molecule has 1 fully saturated rings. The van der Waals surface area contributed by atoms with Crippen LogP contribution in [0.5, 0.6) is 0 Å². The Morgan fingerprint density at radius 3 is 2.76 bits per heavy atom. The molecule has 196 valence electrons. The van der Waals surface area contributed by atoms with E-state index in [0.29, 0.717) is 39.7 Å². The molecule has 0 saturated carbocycles. The Kier molecular flexibility index (Phi) is 7.01. The summed E-state index contributed by atoms with van der Waals surface area (Å²) in [5, 5.41) is 34.8. The standard InChI is InChI=1S/C26H29ClN10O/c1-4-17-15-36(21-6-5-16(12-28)13-29-21)9-8-20(17)32-23-19(27)14-30-25(33-23)31-18-7-10-37-22(11-18)34-35-24(37)26(2,3)38/h5-7,10-11,13-14,17,20,38H,4,8-9,15H2,1-3H3,(H2,30,31,32,33). The second-order valence-corrected chi connectivity index (χ2v) is 10.3. The summed E-state index contributed by atoms with van der Waals surface area (Å²) in [5.41, 5.74) is 0.767. The zero-order valence-corrected chi connectivity index (χ0v) is 22.2. The number of nitrogens with one attached hydrogen (secondary N) is 2. The van der Waals surface area contributed by atoms with Crippen LogP contribution in [0.4, 0.5) is 23.3 Å². The normalized spacial score (nSPS) is 17.8. The van der Waals surface area contributed by atoms with Crippen molar-refractivity contribution >= 4 is 40.5 Å². The van der Waals surface area contributed by atoms with Crippen molar-refractivity contribution in [2.24, 2.45) is 5.92 Å². The van der Waals surface area contributed by atoms with Crippen LogP contribution in [0.25, 0.3) is 5.65 Å². The third-order valence-electron chi connectivity index (χ3n) is 6.74. The van der Waals surface area contributed by atoms with E-state index in [9.17, 15) is 5.11 Å². The predicted octanol–water partition coefficient (Wildman–Crippen LogP) is 4.13. The van der Waals surface area contributed by atoms with Crippen LogP contribution in [0.2, 0.25) is 5.02 Å². The Balaban J connectivity index is 1.29. The number of pyridine rings is 2. The van der Waals surface area contributed by atoms with Crippen molar-refractivity contribution < 1.29 is 5.11 Å². The molecule has 0 amide bonds. The van der Waals surface area contributed by atoms with Crippen molar-refractivity contribution in [3.8, 4) is 6.07 Å². The highest BCUT2D eigenvalue weighted by Gasteiger charge is 2.29. The number of nitriles is 1. The molecule has 5 heterocycles. The predicted molar refractivity (Wildman–Crippen MR) is 146 cm³/mol. The van der Waals surface area contributed by atoms with Crippen molar-refractivity contribution in [2.45, 2.75) is 45.3 Å². The molecule has 2 unspecified atom stereocenters. The number of piperidine rings is 1. The molecular weight excluding hydrogens is 504 g/mol. The number of anilines is 4. The van der Waals surface area contributed by atoms with E-state index < -0.39 is 5.60 Å². The Morgan fingerprint density at radius 2 is 2.05 bits per heavy atom. The highest BCUT2D eigenvalue weighted by Crippen LogP contribution is 2.29. The molecule has 1 aliphatic heterocycles. The molecule has 0 spiro atoms. The van der Waals surface area contributed by atoms with E-state index >= 15 is 0 Å². The summed E-state index contributed by atoms with van der Waals surface area (Å²) in [6.07, 6.45) is 6.85. The van der Waals surface area contributed by atoms with E-state index in [4.69, 9.17) is 16.9 Å². The van der Waals surface area contributed by atoms with Gasteiger partial charge in [0.05, 0.1) is 11.8 Å². The zero-order valence-electron chi connectivity index (χ0n) is 21.4. The lowest BCUT2D eigenvalue weighted by atomic mass is 9.90. The fourth-order valence-electron chi connectivity index (χ4n) is 4.70. The molecule has 11 nitrogen and oxygen atoms in total. The van der Waals surface area contributed by atoms with E-state index in [2.05, 4.69) is 53.7 Å². The van der Waals surface area contributed by atoms with Gasteiger partial charge in [-0.25, -0.2) is 9.97 Å². The van der Waals surface area contributed by atoms with E-state index in [1.54, 1.807) is 42.9 Å². The van der Waals surface area contributed by atoms with Crippen LogP contribution in [-0.4, -0.2) is 53.8 Å². The first-order valence-corrected chi connectivity index (χ1v) is 12.9. The first-order chi connectivity index (χ1) is 18.2. The van der Waals surface area contributed by atoms with Gasteiger partial charge in [0, 0.05) is 43.3 Å². The molecule has 1 aliphatic rings. The summed E-state index contributed by atoms with van der Waals surface area (Å²) >= 11 is 6.48. The molecule has 1 saturated heterocycles. The van der Waals surface area contributed by atoms with Gasteiger partial charge in [0.2, 0.25) is 5.95 Å². The third kappa shape index (κ3) is 5.32. The molecule has 2 atom stereocenters. The van der Waals surface area contributed by atoms with Crippen LogP contribution in [-0.2, 0) is 5.60 Å². The van der Waals surface area contributed by atoms with Crippen LogP contribution < -0.4 is 15.5 Å². The van der Waals surface area contributed by atoms with E-state index in [-0.39, 0.29) is 6.04 Å². The molecule has 0 bridgehead atoms. The van der Waals surface area contributed by atoms with Crippen LogP contribution in [0.1, 0.15) is 45.0 Å². The fraction of sp³-hybridized carbons (Fsp3) is 0.385. The van der Waals surface area contributed by atoms with E-state index in [1.807, 2.05) is 18.2 Å². The van der Waals surface area contributed by atoms with Crippen molar-refractivity contribution in [1.82, 2.24) is 29.5 Å². The SMILES string of the molecule is CCC1CN(c2ccc(C#N)cn2)CCC1Nc1nc(Nc2ccn3c(C(C)(C)O)nnc3c2)ncc1Cl. The number of hydrogen-bond acceptors (Lipinski definition) is 10. The average Bonchev–Trinajstić information content (AvgIpc) is 3.35. The second kappa shape index (κ2) is 10.4. The summed E-state index contributed by atoms with van der Waals surface area (Å²) in [5.74, 6) is 2.66. The Morgan fingerprint density at radius 1 is 1.21 bits per heavy atom. The van der Waals surface area contributed by atoms with Gasteiger partial charge < -0.3 is 20.6 Å². The minimum atomic E-state index is -1.11. The summed E-state index contributed by atoms with van der Waals surface area (Å²) in [6.45, 7) is 7.18. The number of nitrogens with zero attached hydrogens (tertiary/aromatic N) is 8.